The molecule has 1 nitrogen and oxygen atoms in total. The maximum absolute atomic E-state index is 13.1. The molecule has 0 bridgehead atoms. The highest BCUT2D eigenvalue weighted by molar-refractivity contribution is 7.07. The zero-order valence-corrected chi connectivity index (χ0v) is 10.9. The van der Waals surface area contributed by atoms with Crippen molar-refractivity contribution in [1.82, 2.24) is 5.32 Å². The molecule has 1 saturated carbocycles. The van der Waals surface area contributed by atoms with Gasteiger partial charge in [-0.1, -0.05) is 12.1 Å². The summed E-state index contributed by atoms with van der Waals surface area (Å²) >= 11 is 1.73. The highest BCUT2D eigenvalue weighted by Crippen LogP contribution is 2.37. The van der Waals surface area contributed by atoms with Gasteiger partial charge in [-0.25, -0.2) is 4.39 Å². The van der Waals surface area contributed by atoms with Gasteiger partial charge in [0.15, 0.2) is 0 Å². The Hall–Kier alpha value is -1.19. The zero-order chi connectivity index (χ0) is 12.4. The largest absolute Gasteiger partial charge is 0.310 e. The molecule has 0 unspecified atom stereocenters. The van der Waals surface area contributed by atoms with E-state index in [1.807, 2.05) is 6.07 Å². The lowest BCUT2D eigenvalue weighted by Gasteiger charge is -2.36. The Morgan fingerprint density at radius 1 is 1.28 bits per heavy atom. The van der Waals surface area contributed by atoms with Gasteiger partial charge < -0.3 is 5.32 Å². The molecular formula is C15H16FNS. The van der Waals surface area contributed by atoms with Gasteiger partial charge in [0.1, 0.15) is 5.82 Å². The Morgan fingerprint density at radius 3 is 2.89 bits per heavy atom. The molecule has 0 saturated heterocycles. The van der Waals surface area contributed by atoms with Crippen LogP contribution in [0.2, 0.25) is 0 Å². The molecule has 94 valence electrons. The van der Waals surface area contributed by atoms with Crippen LogP contribution in [-0.2, 0) is 6.54 Å². The summed E-state index contributed by atoms with van der Waals surface area (Å²) in [7, 11) is 0. The molecule has 0 amide bonds. The lowest BCUT2D eigenvalue weighted by molar-refractivity contribution is 0.289. The van der Waals surface area contributed by atoms with Crippen LogP contribution in [0.15, 0.2) is 41.1 Å². The molecule has 1 aromatic heterocycles. The van der Waals surface area contributed by atoms with E-state index in [4.69, 9.17) is 0 Å². The van der Waals surface area contributed by atoms with Gasteiger partial charge >= 0.3 is 0 Å². The van der Waals surface area contributed by atoms with Crippen LogP contribution in [0.3, 0.4) is 0 Å². The van der Waals surface area contributed by atoms with Crippen molar-refractivity contribution in [3.8, 4) is 0 Å². The van der Waals surface area contributed by atoms with Gasteiger partial charge in [-0.05, 0) is 58.8 Å². The van der Waals surface area contributed by atoms with E-state index in [0.717, 1.165) is 24.9 Å². The molecule has 0 atom stereocenters. The van der Waals surface area contributed by atoms with Crippen molar-refractivity contribution >= 4 is 11.3 Å². The third kappa shape index (κ3) is 2.62. The predicted molar refractivity (Wildman–Crippen MR) is 73.3 cm³/mol. The molecule has 3 rings (SSSR count). The third-order valence-corrected chi connectivity index (χ3v) is 4.37. The summed E-state index contributed by atoms with van der Waals surface area (Å²) in [6.07, 6.45) is 2.24. The Balaban J connectivity index is 1.48. The Bertz CT molecular complexity index is 503. The monoisotopic (exact) mass is 261 g/mol. The molecule has 1 heterocycles. The predicted octanol–water partition coefficient (Wildman–Crippen LogP) is 3.92. The molecule has 2 aromatic rings. The van der Waals surface area contributed by atoms with Crippen molar-refractivity contribution in [3.63, 3.8) is 0 Å². The SMILES string of the molecule is Fc1cccc(C2CC(NCc3ccsc3)C2)c1. The Morgan fingerprint density at radius 2 is 2.17 bits per heavy atom. The minimum Gasteiger partial charge on any atom is -0.310 e. The number of hydrogen-bond acceptors (Lipinski definition) is 2. The molecule has 18 heavy (non-hydrogen) atoms. The summed E-state index contributed by atoms with van der Waals surface area (Å²) in [6.45, 7) is 0.948. The van der Waals surface area contributed by atoms with Crippen LogP contribution >= 0.6 is 11.3 Å². The number of halogens is 1. The molecule has 1 aliphatic carbocycles. The highest BCUT2D eigenvalue weighted by Gasteiger charge is 2.29. The maximum Gasteiger partial charge on any atom is 0.123 e. The topological polar surface area (TPSA) is 12.0 Å². The Kier molecular flexibility index (Phi) is 3.43. The van der Waals surface area contributed by atoms with Crippen molar-refractivity contribution in [2.24, 2.45) is 0 Å². The van der Waals surface area contributed by atoms with E-state index in [2.05, 4.69) is 22.1 Å². The van der Waals surface area contributed by atoms with Crippen LogP contribution < -0.4 is 5.32 Å². The molecular weight excluding hydrogens is 245 g/mol. The second kappa shape index (κ2) is 5.21. The fourth-order valence-electron chi connectivity index (χ4n) is 2.47. The minimum absolute atomic E-state index is 0.123. The second-order valence-electron chi connectivity index (χ2n) is 4.93. The first-order valence-electron chi connectivity index (χ1n) is 6.31. The van der Waals surface area contributed by atoms with Crippen molar-refractivity contribution in [3.05, 3.63) is 58.0 Å². The van der Waals surface area contributed by atoms with Gasteiger partial charge in [-0.15, -0.1) is 0 Å². The summed E-state index contributed by atoms with van der Waals surface area (Å²) in [4.78, 5) is 0. The first-order valence-corrected chi connectivity index (χ1v) is 7.25. The molecule has 1 aliphatic rings. The third-order valence-electron chi connectivity index (χ3n) is 3.63. The molecule has 0 spiro atoms. The standard InChI is InChI=1S/C15H16FNS/c16-14-3-1-2-12(6-14)13-7-15(8-13)17-9-11-4-5-18-10-11/h1-6,10,13,15,17H,7-9H2. The van der Waals surface area contributed by atoms with E-state index in [1.54, 1.807) is 23.5 Å². The number of rotatable bonds is 4. The number of thiophene rings is 1. The lowest BCUT2D eigenvalue weighted by atomic mass is 9.76. The van der Waals surface area contributed by atoms with E-state index in [1.165, 1.54) is 11.6 Å². The quantitative estimate of drug-likeness (QED) is 0.879. The summed E-state index contributed by atoms with van der Waals surface area (Å²) in [5.41, 5.74) is 2.50. The molecule has 1 N–H and O–H groups in total. The van der Waals surface area contributed by atoms with Crippen molar-refractivity contribution in [2.75, 3.05) is 0 Å². The van der Waals surface area contributed by atoms with E-state index >= 15 is 0 Å². The van der Waals surface area contributed by atoms with Gasteiger partial charge in [0.25, 0.3) is 0 Å². The first-order chi connectivity index (χ1) is 8.81. The average molecular weight is 261 g/mol. The zero-order valence-electron chi connectivity index (χ0n) is 10.1. The van der Waals surface area contributed by atoms with Crippen molar-refractivity contribution < 1.29 is 4.39 Å². The van der Waals surface area contributed by atoms with Crippen LogP contribution in [0.25, 0.3) is 0 Å². The molecule has 1 fully saturated rings. The van der Waals surface area contributed by atoms with Gasteiger partial charge in [-0.2, -0.15) is 11.3 Å². The van der Waals surface area contributed by atoms with Gasteiger partial charge in [-0.3, -0.25) is 0 Å². The van der Waals surface area contributed by atoms with Gasteiger partial charge in [0.05, 0.1) is 0 Å². The molecule has 0 radical (unpaired) electrons. The van der Waals surface area contributed by atoms with Gasteiger partial charge in [0.2, 0.25) is 0 Å². The van der Waals surface area contributed by atoms with Crippen LogP contribution in [0.1, 0.15) is 29.9 Å². The van der Waals surface area contributed by atoms with Crippen LogP contribution in [-0.4, -0.2) is 6.04 Å². The van der Waals surface area contributed by atoms with Crippen molar-refractivity contribution in [1.29, 1.82) is 0 Å². The lowest BCUT2D eigenvalue weighted by Crippen LogP contribution is -2.39. The van der Waals surface area contributed by atoms with E-state index in [-0.39, 0.29) is 5.82 Å². The summed E-state index contributed by atoms with van der Waals surface area (Å²) in [5, 5.41) is 7.83. The number of benzene rings is 1. The summed E-state index contributed by atoms with van der Waals surface area (Å²) in [5.74, 6) is 0.405. The number of nitrogens with one attached hydrogen (secondary N) is 1. The fraction of sp³-hybridized carbons (Fsp3) is 0.333. The minimum atomic E-state index is -0.123. The first kappa shape index (κ1) is 11.9. The molecule has 3 heteroatoms. The van der Waals surface area contributed by atoms with E-state index in [0.29, 0.717) is 12.0 Å². The van der Waals surface area contributed by atoms with Crippen LogP contribution in [0.5, 0.6) is 0 Å². The number of hydrogen-bond donors (Lipinski definition) is 1. The van der Waals surface area contributed by atoms with E-state index in [9.17, 15) is 4.39 Å². The fourth-order valence-corrected chi connectivity index (χ4v) is 3.14. The van der Waals surface area contributed by atoms with Crippen LogP contribution in [0, 0.1) is 5.82 Å². The van der Waals surface area contributed by atoms with Crippen LogP contribution in [0.4, 0.5) is 4.39 Å². The molecule has 0 aliphatic heterocycles. The normalized spacial score (nSPS) is 22.7. The van der Waals surface area contributed by atoms with Crippen molar-refractivity contribution in [2.45, 2.75) is 31.3 Å². The smallest absolute Gasteiger partial charge is 0.123 e. The highest BCUT2D eigenvalue weighted by atomic mass is 32.1. The maximum atomic E-state index is 13.1. The summed E-state index contributed by atoms with van der Waals surface area (Å²) in [6, 6.07) is 9.74. The molecule has 1 aromatic carbocycles. The van der Waals surface area contributed by atoms with E-state index < -0.39 is 0 Å². The second-order valence-corrected chi connectivity index (χ2v) is 5.71. The Labute approximate surface area is 111 Å². The average Bonchev–Trinajstić information content (AvgIpc) is 2.80. The summed E-state index contributed by atoms with van der Waals surface area (Å²) < 4.78 is 13.1. The van der Waals surface area contributed by atoms with Gasteiger partial charge in [0, 0.05) is 12.6 Å².